The van der Waals surface area contributed by atoms with Crippen LogP contribution in [0.15, 0.2) is 30.5 Å². The molecule has 0 radical (unpaired) electrons. The minimum atomic E-state index is 0.0328. The molecule has 0 spiro atoms. The molecule has 4 heteroatoms. The maximum Gasteiger partial charge on any atom is 0.187 e. The lowest BCUT2D eigenvalue weighted by Gasteiger charge is -2.08. The lowest BCUT2D eigenvalue weighted by molar-refractivity contribution is 0.0986. The van der Waals surface area contributed by atoms with Gasteiger partial charge in [0.15, 0.2) is 5.78 Å². The van der Waals surface area contributed by atoms with Gasteiger partial charge in [0.1, 0.15) is 5.69 Å². The maximum atomic E-state index is 12.2. The number of Topliss-reactive ketones (excluding diaryl/α,β-unsaturated/α-hetero) is 1. The van der Waals surface area contributed by atoms with Gasteiger partial charge in [-0.25, -0.2) is 0 Å². The van der Waals surface area contributed by atoms with Crippen LogP contribution >= 0.6 is 0 Å². The van der Waals surface area contributed by atoms with Crippen molar-refractivity contribution in [3.05, 3.63) is 47.5 Å². The fourth-order valence-corrected chi connectivity index (χ4v) is 2.80. The van der Waals surface area contributed by atoms with Crippen LogP contribution in [0.3, 0.4) is 0 Å². The van der Waals surface area contributed by atoms with Crippen LogP contribution in [0.1, 0.15) is 53.6 Å². The topological polar surface area (TPSA) is 47.8 Å². The Bertz CT molecular complexity index is 612. The molecule has 0 aromatic carbocycles. The smallest absolute Gasteiger partial charge is 0.187 e. The van der Waals surface area contributed by atoms with Crippen molar-refractivity contribution < 1.29 is 4.79 Å². The summed E-state index contributed by atoms with van der Waals surface area (Å²) in [5.74, 6) is 0.0328. The van der Waals surface area contributed by atoms with Crippen LogP contribution in [-0.2, 0) is 6.42 Å². The number of nitrogens with zero attached hydrogens (tertiary/aromatic N) is 3. The molecule has 104 valence electrons. The maximum absolute atomic E-state index is 12.2. The number of hydrogen-bond donors (Lipinski definition) is 0. The Morgan fingerprint density at radius 3 is 2.85 bits per heavy atom. The van der Waals surface area contributed by atoms with E-state index in [0.717, 1.165) is 11.4 Å². The zero-order chi connectivity index (χ0) is 13.9. The van der Waals surface area contributed by atoms with Crippen molar-refractivity contribution in [3.63, 3.8) is 0 Å². The number of pyridine rings is 1. The van der Waals surface area contributed by atoms with E-state index in [1.807, 2.05) is 36.0 Å². The normalized spacial score (nSPS) is 15.7. The molecule has 1 aliphatic rings. The third-order valence-corrected chi connectivity index (χ3v) is 3.88. The fourth-order valence-electron chi connectivity index (χ4n) is 2.80. The Kier molecular flexibility index (Phi) is 3.63. The molecular weight excluding hydrogens is 250 g/mol. The zero-order valence-electron chi connectivity index (χ0n) is 11.7. The third-order valence-electron chi connectivity index (χ3n) is 3.88. The molecular formula is C16H19N3O. The molecule has 3 rings (SSSR count). The molecule has 2 aromatic rings. The zero-order valence-corrected chi connectivity index (χ0v) is 11.7. The number of carbonyl (C=O) groups excluding carboxylic acids is 1. The Balaban J connectivity index is 1.70. The van der Waals surface area contributed by atoms with Crippen molar-refractivity contribution in [1.82, 2.24) is 14.8 Å². The molecule has 0 atom stereocenters. The van der Waals surface area contributed by atoms with E-state index in [1.54, 1.807) is 6.07 Å². The summed E-state index contributed by atoms with van der Waals surface area (Å²) in [5.41, 5.74) is 2.23. The molecule has 0 N–H and O–H groups in total. The van der Waals surface area contributed by atoms with Crippen LogP contribution in [0.2, 0.25) is 0 Å². The van der Waals surface area contributed by atoms with Gasteiger partial charge in [0.2, 0.25) is 0 Å². The minimum Gasteiger partial charge on any atom is -0.292 e. The highest BCUT2D eigenvalue weighted by Gasteiger charge is 2.18. The molecule has 0 unspecified atom stereocenters. The molecule has 0 aliphatic heterocycles. The first-order valence-electron chi connectivity index (χ1n) is 7.23. The van der Waals surface area contributed by atoms with Crippen LogP contribution in [0.25, 0.3) is 0 Å². The first-order chi connectivity index (χ1) is 9.72. The first kappa shape index (κ1) is 13.0. The second kappa shape index (κ2) is 5.57. The van der Waals surface area contributed by atoms with E-state index in [4.69, 9.17) is 0 Å². The van der Waals surface area contributed by atoms with Crippen LogP contribution in [-0.4, -0.2) is 20.5 Å². The van der Waals surface area contributed by atoms with Gasteiger partial charge >= 0.3 is 0 Å². The Morgan fingerprint density at radius 2 is 2.10 bits per heavy atom. The quantitative estimate of drug-likeness (QED) is 0.801. The van der Waals surface area contributed by atoms with E-state index >= 15 is 0 Å². The molecule has 2 aromatic heterocycles. The number of aryl methyl sites for hydroxylation is 1. The van der Waals surface area contributed by atoms with Crippen molar-refractivity contribution in [1.29, 1.82) is 0 Å². The first-order valence-corrected chi connectivity index (χ1v) is 7.23. The largest absolute Gasteiger partial charge is 0.292 e. The van der Waals surface area contributed by atoms with E-state index in [-0.39, 0.29) is 5.78 Å². The monoisotopic (exact) mass is 269 g/mol. The van der Waals surface area contributed by atoms with Gasteiger partial charge in [-0.1, -0.05) is 18.9 Å². The lowest BCUT2D eigenvalue weighted by atomic mass is 10.1. The Hall–Kier alpha value is -1.97. The molecule has 0 bridgehead atoms. The van der Waals surface area contributed by atoms with Gasteiger partial charge in [-0.3, -0.25) is 14.5 Å². The molecule has 1 aliphatic carbocycles. The van der Waals surface area contributed by atoms with Gasteiger partial charge in [-0.2, -0.15) is 5.10 Å². The molecule has 2 heterocycles. The van der Waals surface area contributed by atoms with Crippen LogP contribution in [0.5, 0.6) is 0 Å². The second-order valence-corrected chi connectivity index (χ2v) is 5.49. The molecule has 1 saturated carbocycles. The predicted octanol–water partition coefficient (Wildman–Crippen LogP) is 3.13. The van der Waals surface area contributed by atoms with E-state index < -0.39 is 0 Å². The Labute approximate surface area is 118 Å². The highest BCUT2D eigenvalue weighted by molar-refractivity contribution is 5.95. The van der Waals surface area contributed by atoms with Crippen molar-refractivity contribution in [2.45, 2.75) is 45.1 Å². The van der Waals surface area contributed by atoms with Gasteiger partial charge in [-0.15, -0.1) is 0 Å². The fraction of sp³-hybridized carbons (Fsp3) is 0.438. The summed E-state index contributed by atoms with van der Waals surface area (Å²) in [6.07, 6.45) is 7.31. The highest BCUT2D eigenvalue weighted by atomic mass is 16.1. The van der Waals surface area contributed by atoms with Gasteiger partial charge in [-0.05, 0) is 38.0 Å². The van der Waals surface area contributed by atoms with E-state index in [2.05, 4.69) is 10.1 Å². The molecule has 0 amide bonds. The van der Waals surface area contributed by atoms with E-state index in [0.29, 0.717) is 18.2 Å². The number of aromatic nitrogens is 3. The van der Waals surface area contributed by atoms with Crippen molar-refractivity contribution >= 4 is 5.78 Å². The number of ketones is 1. The number of carbonyl (C=O) groups is 1. The number of hydrogen-bond acceptors (Lipinski definition) is 3. The summed E-state index contributed by atoms with van der Waals surface area (Å²) in [5, 5.41) is 4.55. The van der Waals surface area contributed by atoms with Crippen molar-refractivity contribution in [3.8, 4) is 0 Å². The van der Waals surface area contributed by atoms with Crippen molar-refractivity contribution in [2.24, 2.45) is 0 Å². The van der Waals surface area contributed by atoms with Gasteiger partial charge < -0.3 is 0 Å². The molecule has 4 nitrogen and oxygen atoms in total. The SMILES string of the molecule is Cc1cccc(C(=O)Cc2ccn(C3CCCC3)n2)n1. The summed E-state index contributed by atoms with van der Waals surface area (Å²) in [7, 11) is 0. The molecule has 20 heavy (non-hydrogen) atoms. The van der Waals surface area contributed by atoms with Crippen LogP contribution < -0.4 is 0 Å². The highest BCUT2D eigenvalue weighted by Crippen LogP contribution is 2.28. The van der Waals surface area contributed by atoms with Crippen molar-refractivity contribution in [2.75, 3.05) is 0 Å². The van der Waals surface area contributed by atoms with Gasteiger partial charge in [0.25, 0.3) is 0 Å². The summed E-state index contributed by atoms with van der Waals surface area (Å²) in [4.78, 5) is 16.5. The standard InChI is InChI=1S/C16H19N3O/c1-12-5-4-8-15(17-12)16(20)11-13-9-10-19(18-13)14-6-2-3-7-14/h4-5,8-10,14H,2-3,6-7,11H2,1H3. The van der Waals surface area contributed by atoms with E-state index in [1.165, 1.54) is 25.7 Å². The van der Waals surface area contributed by atoms with E-state index in [9.17, 15) is 4.79 Å². The van der Waals surface area contributed by atoms with Crippen LogP contribution in [0, 0.1) is 6.92 Å². The average molecular weight is 269 g/mol. The average Bonchev–Trinajstić information content (AvgIpc) is 3.08. The summed E-state index contributed by atoms with van der Waals surface area (Å²) in [6, 6.07) is 8.00. The number of rotatable bonds is 4. The molecule has 0 saturated heterocycles. The van der Waals surface area contributed by atoms with Crippen LogP contribution in [0.4, 0.5) is 0 Å². The van der Waals surface area contributed by atoms with Gasteiger partial charge in [0.05, 0.1) is 18.2 Å². The summed E-state index contributed by atoms with van der Waals surface area (Å²) < 4.78 is 2.03. The summed E-state index contributed by atoms with van der Waals surface area (Å²) >= 11 is 0. The second-order valence-electron chi connectivity index (χ2n) is 5.49. The Morgan fingerprint density at radius 1 is 1.30 bits per heavy atom. The summed E-state index contributed by atoms with van der Waals surface area (Å²) in [6.45, 7) is 1.89. The lowest BCUT2D eigenvalue weighted by Crippen LogP contribution is -2.09. The molecule has 1 fully saturated rings. The minimum absolute atomic E-state index is 0.0328. The van der Waals surface area contributed by atoms with Gasteiger partial charge in [0, 0.05) is 11.9 Å². The third kappa shape index (κ3) is 2.79. The predicted molar refractivity (Wildman–Crippen MR) is 76.7 cm³/mol.